The maximum Gasteiger partial charge on any atom is 0.253 e. The number of hydrogen-bond acceptors (Lipinski definition) is 5. The van der Waals surface area contributed by atoms with Crippen molar-refractivity contribution in [2.45, 2.75) is 20.4 Å². The standard InChI is InChI=1S/C23H25N3O3/c1-15-7-16(2)9-19(8-15)26-20-11-18(13-24-14-20)23(27)25-12-17-5-6-21(28-3)22(10-17)29-4/h5-11,13-14,26H,12H2,1-4H3,(H,25,27). The number of carbonyl (C=O) groups is 1. The molecule has 2 aromatic carbocycles. The van der Waals surface area contributed by atoms with Crippen LogP contribution in [0.2, 0.25) is 0 Å². The number of rotatable bonds is 7. The zero-order valence-electron chi connectivity index (χ0n) is 17.1. The predicted octanol–water partition coefficient (Wildman–Crippen LogP) is 4.39. The van der Waals surface area contributed by atoms with Crippen LogP contribution < -0.4 is 20.1 Å². The third-order valence-electron chi connectivity index (χ3n) is 4.41. The molecule has 1 amide bonds. The second-order valence-corrected chi connectivity index (χ2v) is 6.84. The summed E-state index contributed by atoms with van der Waals surface area (Å²) >= 11 is 0. The zero-order chi connectivity index (χ0) is 20.8. The average molecular weight is 391 g/mol. The molecule has 2 N–H and O–H groups in total. The predicted molar refractivity (Wildman–Crippen MR) is 114 cm³/mol. The van der Waals surface area contributed by atoms with Crippen LogP contribution in [0.1, 0.15) is 27.0 Å². The number of carbonyl (C=O) groups excluding carboxylic acids is 1. The van der Waals surface area contributed by atoms with Crippen molar-refractivity contribution in [2.75, 3.05) is 19.5 Å². The van der Waals surface area contributed by atoms with Gasteiger partial charge in [0.05, 0.1) is 31.7 Å². The number of aromatic nitrogens is 1. The van der Waals surface area contributed by atoms with Crippen LogP contribution in [0.15, 0.2) is 54.9 Å². The minimum absolute atomic E-state index is 0.198. The molecule has 29 heavy (non-hydrogen) atoms. The first-order valence-electron chi connectivity index (χ1n) is 9.28. The molecule has 0 unspecified atom stereocenters. The first-order chi connectivity index (χ1) is 14.0. The van der Waals surface area contributed by atoms with Gasteiger partial charge in [-0.05, 0) is 60.9 Å². The Morgan fingerprint density at radius 2 is 1.62 bits per heavy atom. The molecule has 6 heteroatoms. The van der Waals surface area contributed by atoms with Crippen molar-refractivity contribution in [3.63, 3.8) is 0 Å². The quantitative estimate of drug-likeness (QED) is 0.625. The Kier molecular flexibility index (Phi) is 6.34. The third-order valence-corrected chi connectivity index (χ3v) is 4.41. The Morgan fingerprint density at radius 1 is 0.897 bits per heavy atom. The van der Waals surface area contributed by atoms with Crippen LogP contribution >= 0.6 is 0 Å². The van der Waals surface area contributed by atoms with E-state index < -0.39 is 0 Å². The van der Waals surface area contributed by atoms with E-state index in [-0.39, 0.29) is 5.91 Å². The number of benzene rings is 2. The van der Waals surface area contributed by atoms with Crippen molar-refractivity contribution in [1.82, 2.24) is 10.3 Å². The SMILES string of the molecule is COc1ccc(CNC(=O)c2cncc(Nc3cc(C)cc(C)c3)c2)cc1OC. The number of hydrogen-bond donors (Lipinski definition) is 2. The van der Waals surface area contributed by atoms with E-state index in [1.54, 1.807) is 32.7 Å². The number of pyridine rings is 1. The molecule has 1 aromatic heterocycles. The summed E-state index contributed by atoms with van der Waals surface area (Å²) in [6, 6.07) is 13.5. The fraction of sp³-hybridized carbons (Fsp3) is 0.217. The van der Waals surface area contributed by atoms with E-state index in [1.165, 1.54) is 11.1 Å². The van der Waals surface area contributed by atoms with Gasteiger partial charge in [-0.15, -0.1) is 0 Å². The maximum absolute atomic E-state index is 12.6. The van der Waals surface area contributed by atoms with Gasteiger partial charge < -0.3 is 20.1 Å². The van der Waals surface area contributed by atoms with Crippen LogP contribution in [0, 0.1) is 13.8 Å². The molecule has 150 valence electrons. The Hall–Kier alpha value is -3.54. The molecule has 3 aromatic rings. The van der Waals surface area contributed by atoms with Crippen molar-refractivity contribution in [3.05, 3.63) is 77.1 Å². The van der Waals surface area contributed by atoms with E-state index in [2.05, 4.69) is 47.7 Å². The molecule has 0 saturated carbocycles. The summed E-state index contributed by atoms with van der Waals surface area (Å²) in [7, 11) is 3.17. The Labute approximate surface area is 170 Å². The second kappa shape index (κ2) is 9.10. The number of anilines is 2. The summed E-state index contributed by atoms with van der Waals surface area (Å²) in [4.78, 5) is 16.8. The van der Waals surface area contributed by atoms with Gasteiger partial charge in [0, 0.05) is 18.4 Å². The van der Waals surface area contributed by atoms with Gasteiger partial charge in [0.1, 0.15) is 0 Å². The number of methoxy groups -OCH3 is 2. The van der Waals surface area contributed by atoms with E-state index in [1.807, 2.05) is 18.2 Å². The number of aryl methyl sites for hydroxylation is 2. The molecule has 0 bridgehead atoms. The topological polar surface area (TPSA) is 72.5 Å². The maximum atomic E-state index is 12.6. The van der Waals surface area contributed by atoms with Gasteiger partial charge in [0.15, 0.2) is 11.5 Å². The molecule has 3 rings (SSSR count). The highest BCUT2D eigenvalue weighted by Crippen LogP contribution is 2.27. The summed E-state index contributed by atoms with van der Waals surface area (Å²) in [5.41, 5.74) is 5.46. The average Bonchev–Trinajstić information content (AvgIpc) is 2.71. The monoisotopic (exact) mass is 391 g/mol. The first-order valence-corrected chi connectivity index (χ1v) is 9.28. The molecule has 0 saturated heterocycles. The largest absolute Gasteiger partial charge is 0.493 e. The molecular weight excluding hydrogens is 366 g/mol. The minimum Gasteiger partial charge on any atom is -0.493 e. The van der Waals surface area contributed by atoms with Crippen LogP contribution in [0.3, 0.4) is 0 Å². The van der Waals surface area contributed by atoms with E-state index in [4.69, 9.17) is 9.47 Å². The lowest BCUT2D eigenvalue weighted by molar-refractivity contribution is 0.0950. The number of ether oxygens (including phenoxy) is 2. The lowest BCUT2D eigenvalue weighted by atomic mass is 10.1. The van der Waals surface area contributed by atoms with Gasteiger partial charge in [-0.2, -0.15) is 0 Å². The highest BCUT2D eigenvalue weighted by Gasteiger charge is 2.09. The summed E-state index contributed by atoms with van der Waals surface area (Å²) in [6.45, 7) is 4.47. The van der Waals surface area contributed by atoms with Gasteiger partial charge in [-0.25, -0.2) is 0 Å². The Morgan fingerprint density at radius 3 is 2.31 bits per heavy atom. The van der Waals surface area contributed by atoms with Crippen molar-refractivity contribution in [2.24, 2.45) is 0 Å². The van der Waals surface area contributed by atoms with E-state index in [9.17, 15) is 4.79 Å². The number of nitrogens with zero attached hydrogens (tertiary/aromatic N) is 1. The summed E-state index contributed by atoms with van der Waals surface area (Å²) in [6.07, 6.45) is 3.25. The second-order valence-electron chi connectivity index (χ2n) is 6.84. The van der Waals surface area contributed by atoms with Gasteiger partial charge in [-0.3, -0.25) is 9.78 Å². The van der Waals surface area contributed by atoms with E-state index in [0.29, 0.717) is 23.6 Å². The first kappa shape index (κ1) is 20.2. The molecule has 0 fully saturated rings. The molecule has 0 spiro atoms. The highest BCUT2D eigenvalue weighted by molar-refractivity contribution is 5.94. The molecule has 1 heterocycles. The van der Waals surface area contributed by atoms with E-state index >= 15 is 0 Å². The number of amides is 1. The molecule has 0 aliphatic heterocycles. The molecule has 0 radical (unpaired) electrons. The van der Waals surface area contributed by atoms with Crippen LogP contribution in [0.25, 0.3) is 0 Å². The fourth-order valence-corrected chi connectivity index (χ4v) is 3.12. The summed E-state index contributed by atoms with van der Waals surface area (Å²) in [5, 5.41) is 6.22. The highest BCUT2D eigenvalue weighted by atomic mass is 16.5. The van der Waals surface area contributed by atoms with Crippen LogP contribution in [-0.4, -0.2) is 25.1 Å². The van der Waals surface area contributed by atoms with Crippen molar-refractivity contribution < 1.29 is 14.3 Å². The lowest BCUT2D eigenvalue weighted by Gasteiger charge is -2.11. The smallest absolute Gasteiger partial charge is 0.253 e. The lowest BCUT2D eigenvalue weighted by Crippen LogP contribution is -2.23. The minimum atomic E-state index is -0.198. The number of nitrogens with one attached hydrogen (secondary N) is 2. The van der Waals surface area contributed by atoms with Crippen LogP contribution in [0.4, 0.5) is 11.4 Å². The van der Waals surface area contributed by atoms with Crippen molar-refractivity contribution in [3.8, 4) is 11.5 Å². The van der Waals surface area contributed by atoms with Crippen molar-refractivity contribution in [1.29, 1.82) is 0 Å². The summed E-state index contributed by atoms with van der Waals surface area (Å²) < 4.78 is 10.5. The third kappa shape index (κ3) is 5.25. The molecular formula is C23H25N3O3. The molecule has 0 atom stereocenters. The van der Waals surface area contributed by atoms with E-state index in [0.717, 1.165) is 16.9 Å². The van der Waals surface area contributed by atoms with Gasteiger partial charge in [0.25, 0.3) is 5.91 Å². The van der Waals surface area contributed by atoms with Gasteiger partial charge >= 0.3 is 0 Å². The van der Waals surface area contributed by atoms with Crippen LogP contribution in [-0.2, 0) is 6.54 Å². The van der Waals surface area contributed by atoms with Crippen molar-refractivity contribution >= 4 is 17.3 Å². The molecule has 6 nitrogen and oxygen atoms in total. The van der Waals surface area contributed by atoms with Crippen LogP contribution in [0.5, 0.6) is 11.5 Å². The molecule has 0 aliphatic rings. The van der Waals surface area contributed by atoms with Gasteiger partial charge in [-0.1, -0.05) is 12.1 Å². The Bertz CT molecular complexity index is 998. The fourth-order valence-electron chi connectivity index (χ4n) is 3.12. The summed E-state index contributed by atoms with van der Waals surface area (Å²) in [5.74, 6) is 1.08. The zero-order valence-corrected chi connectivity index (χ0v) is 17.1. The Balaban J connectivity index is 1.68. The normalized spacial score (nSPS) is 10.3. The van der Waals surface area contributed by atoms with Gasteiger partial charge in [0.2, 0.25) is 0 Å². The molecule has 0 aliphatic carbocycles.